The fraction of sp³-hybridized carbons (Fsp3) is 0.625. The average molecular weight is 343 g/mol. The number of nitrogens with two attached hydrogens (primary N) is 1. The molecular weight excluding hydrogens is 316 g/mol. The maximum Gasteiger partial charge on any atom is 0.0637 e. The quantitative estimate of drug-likeness (QED) is 0.784. The topological polar surface area (TPSA) is 38.5 Å². The number of benzene rings is 1. The number of ether oxygens (including phenoxy) is 1. The Morgan fingerprint density at radius 3 is 2.60 bits per heavy atom. The third kappa shape index (κ3) is 5.08. The van der Waals surface area contributed by atoms with E-state index in [2.05, 4.69) is 59.8 Å². The number of halogens is 1. The van der Waals surface area contributed by atoms with Crippen molar-refractivity contribution < 1.29 is 4.74 Å². The molecule has 3 nitrogen and oxygen atoms in total. The van der Waals surface area contributed by atoms with Gasteiger partial charge in [-0.05, 0) is 44.4 Å². The summed E-state index contributed by atoms with van der Waals surface area (Å²) in [7, 11) is 1.75. The second kappa shape index (κ2) is 8.65. The van der Waals surface area contributed by atoms with E-state index in [9.17, 15) is 0 Å². The first kappa shape index (κ1) is 17.5. The zero-order valence-electron chi connectivity index (χ0n) is 13.0. The van der Waals surface area contributed by atoms with Gasteiger partial charge in [0.1, 0.15) is 0 Å². The molecule has 0 heterocycles. The van der Waals surface area contributed by atoms with E-state index in [1.807, 2.05) is 0 Å². The molecule has 2 N–H and O–H groups in total. The molecular formula is C16H27BrN2O. The Bertz CT molecular complexity index is 409. The zero-order valence-corrected chi connectivity index (χ0v) is 14.6. The first-order chi connectivity index (χ1) is 9.49. The molecule has 0 spiro atoms. The molecule has 2 unspecified atom stereocenters. The summed E-state index contributed by atoms with van der Waals surface area (Å²) in [5, 5.41) is 0. The lowest BCUT2D eigenvalue weighted by Crippen LogP contribution is -2.36. The summed E-state index contributed by atoms with van der Waals surface area (Å²) in [5.74, 6) is 0. The van der Waals surface area contributed by atoms with Gasteiger partial charge in [0.05, 0.1) is 6.61 Å². The highest BCUT2D eigenvalue weighted by atomic mass is 79.9. The van der Waals surface area contributed by atoms with Crippen LogP contribution in [0, 0.1) is 0 Å². The molecule has 20 heavy (non-hydrogen) atoms. The SMILES string of the molecule is CCC(C)N(CCOC)c1cc(Br)ccc1CC(C)N. The molecule has 1 rings (SSSR count). The van der Waals surface area contributed by atoms with E-state index in [0.29, 0.717) is 6.04 Å². The van der Waals surface area contributed by atoms with Crippen molar-refractivity contribution in [1.29, 1.82) is 0 Å². The number of methoxy groups -OCH3 is 1. The van der Waals surface area contributed by atoms with Crippen LogP contribution in [0.25, 0.3) is 0 Å². The van der Waals surface area contributed by atoms with Crippen LogP contribution in [0.1, 0.15) is 32.8 Å². The molecule has 0 fully saturated rings. The van der Waals surface area contributed by atoms with Gasteiger partial charge in [0.2, 0.25) is 0 Å². The van der Waals surface area contributed by atoms with Gasteiger partial charge in [0.15, 0.2) is 0 Å². The van der Waals surface area contributed by atoms with E-state index < -0.39 is 0 Å². The highest BCUT2D eigenvalue weighted by Crippen LogP contribution is 2.28. The molecule has 2 atom stereocenters. The van der Waals surface area contributed by atoms with E-state index in [4.69, 9.17) is 10.5 Å². The maximum absolute atomic E-state index is 5.99. The minimum atomic E-state index is 0.163. The van der Waals surface area contributed by atoms with Gasteiger partial charge in [0.25, 0.3) is 0 Å². The van der Waals surface area contributed by atoms with Crippen molar-refractivity contribution >= 4 is 21.6 Å². The van der Waals surface area contributed by atoms with Gasteiger partial charge in [-0.15, -0.1) is 0 Å². The van der Waals surface area contributed by atoms with Crippen molar-refractivity contribution in [1.82, 2.24) is 0 Å². The number of rotatable bonds is 8. The third-order valence-electron chi connectivity index (χ3n) is 3.56. The molecule has 0 radical (unpaired) electrons. The Labute approximate surface area is 131 Å². The van der Waals surface area contributed by atoms with Crippen LogP contribution in [0.3, 0.4) is 0 Å². The Hall–Kier alpha value is -0.580. The largest absolute Gasteiger partial charge is 0.383 e. The number of hydrogen-bond donors (Lipinski definition) is 1. The van der Waals surface area contributed by atoms with Gasteiger partial charge < -0.3 is 15.4 Å². The van der Waals surface area contributed by atoms with E-state index >= 15 is 0 Å². The molecule has 0 bridgehead atoms. The van der Waals surface area contributed by atoms with Gasteiger partial charge in [-0.3, -0.25) is 0 Å². The second-order valence-electron chi connectivity index (χ2n) is 5.40. The minimum Gasteiger partial charge on any atom is -0.383 e. The lowest BCUT2D eigenvalue weighted by Gasteiger charge is -2.33. The molecule has 0 aliphatic rings. The van der Waals surface area contributed by atoms with E-state index in [-0.39, 0.29) is 6.04 Å². The Morgan fingerprint density at radius 1 is 1.35 bits per heavy atom. The predicted octanol–water partition coefficient (Wildman–Crippen LogP) is 3.59. The molecule has 4 heteroatoms. The van der Waals surface area contributed by atoms with E-state index in [1.54, 1.807) is 7.11 Å². The average Bonchev–Trinajstić information content (AvgIpc) is 2.41. The molecule has 1 aromatic carbocycles. The summed E-state index contributed by atoms with van der Waals surface area (Å²) < 4.78 is 6.36. The molecule has 114 valence electrons. The molecule has 0 amide bonds. The molecule has 1 aromatic rings. The predicted molar refractivity (Wildman–Crippen MR) is 90.5 cm³/mol. The summed E-state index contributed by atoms with van der Waals surface area (Å²) >= 11 is 3.58. The van der Waals surface area contributed by atoms with Gasteiger partial charge >= 0.3 is 0 Å². The highest BCUT2D eigenvalue weighted by Gasteiger charge is 2.17. The van der Waals surface area contributed by atoms with E-state index in [0.717, 1.165) is 30.5 Å². The van der Waals surface area contributed by atoms with Gasteiger partial charge in [-0.25, -0.2) is 0 Å². The van der Waals surface area contributed by atoms with E-state index in [1.165, 1.54) is 11.3 Å². The van der Waals surface area contributed by atoms with Crippen molar-refractivity contribution in [3.63, 3.8) is 0 Å². The number of anilines is 1. The molecule has 0 aromatic heterocycles. The zero-order chi connectivity index (χ0) is 15.1. The van der Waals surface area contributed by atoms with Gasteiger partial charge in [0, 0.05) is 35.9 Å². The lowest BCUT2D eigenvalue weighted by molar-refractivity contribution is 0.203. The first-order valence-corrected chi connectivity index (χ1v) is 8.08. The summed E-state index contributed by atoms with van der Waals surface area (Å²) in [4.78, 5) is 2.42. The van der Waals surface area contributed by atoms with Crippen LogP contribution in [0.4, 0.5) is 5.69 Å². The van der Waals surface area contributed by atoms with Crippen LogP contribution in [0.15, 0.2) is 22.7 Å². The highest BCUT2D eigenvalue weighted by molar-refractivity contribution is 9.10. The maximum atomic E-state index is 5.99. The summed E-state index contributed by atoms with van der Waals surface area (Å²) in [6.45, 7) is 8.15. The fourth-order valence-corrected chi connectivity index (χ4v) is 2.66. The summed E-state index contributed by atoms with van der Waals surface area (Å²) in [6.07, 6.45) is 2.00. The minimum absolute atomic E-state index is 0.163. The third-order valence-corrected chi connectivity index (χ3v) is 4.05. The Morgan fingerprint density at radius 2 is 2.05 bits per heavy atom. The Balaban J connectivity index is 3.11. The second-order valence-corrected chi connectivity index (χ2v) is 6.31. The lowest BCUT2D eigenvalue weighted by atomic mass is 10.0. The van der Waals surface area contributed by atoms with Crippen LogP contribution in [0.5, 0.6) is 0 Å². The Kier molecular flexibility index (Phi) is 7.56. The number of hydrogen-bond acceptors (Lipinski definition) is 3. The summed E-state index contributed by atoms with van der Waals surface area (Å²) in [5.41, 5.74) is 8.56. The smallest absolute Gasteiger partial charge is 0.0637 e. The fourth-order valence-electron chi connectivity index (χ4n) is 2.31. The van der Waals surface area contributed by atoms with Crippen LogP contribution >= 0.6 is 15.9 Å². The van der Waals surface area contributed by atoms with Crippen LogP contribution in [0.2, 0.25) is 0 Å². The van der Waals surface area contributed by atoms with Crippen LogP contribution in [-0.2, 0) is 11.2 Å². The van der Waals surface area contributed by atoms with Crippen LogP contribution in [-0.4, -0.2) is 32.3 Å². The first-order valence-electron chi connectivity index (χ1n) is 7.29. The van der Waals surface area contributed by atoms with Crippen molar-refractivity contribution in [2.24, 2.45) is 5.73 Å². The molecule has 0 aliphatic heterocycles. The summed E-state index contributed by atoms with van der Waals surface area (Å²) in [6, 6.07) is 7.10. The van der Waals surface area contributed by atoms with Crippen molar-refractivity contribution in [3.05, 3.63) is 28.2 Å². The van der Waals surface area contributed by atoms with Gasteiger partial charge in [-0.2, -0.15) is 0 Å². The van der Waals surface area contributed by atoms with Crippen molar-refractivity contribution in [2.75, 3.05) is 25.2 Å². The van der Waals surface area contributed by atoms with Crippen molar-refractivity contribution in [3.8, 4) is 0 Å². The monoisotopic (exact) mass is 342 g/mol. The molecule has 0 saturated carbocycles. The van der Waals surface area contributed by atoms with Crippen LogP contribution < -0.4 is 10.6 Å². The molecule has 0 aliphatic carbocycles. The van der Waals surface area contributed by atoms with Crippen molar-refractivity contribution in [2.45, 2.75) is 45.7 Å². The normalized spacial score (nSPS) is 14.1. The standard InChI is InChI=1S/C16H27BrN2O/c1-5-13(3)19(8-9-20-4)16-11-15(17)7-6-14(16)10-12(2)18/h6-7,11-13H,5,8-10,18H2,1-4H3. The van der Waals surface area contributed by atoms with Gasteiger partial charge in [-0.1, -0.05) is 28.9 Å². The number of nitrogens with zero attached hydrogens (tertiary/aromatic N) is 1. The molecule has 0 saturated heterocycles.